The lowest BCUT2D eigenvalue weighted by Crippen LogP contribution is -2.11. The van der Waals surface area contributed by atoms with E-state index in [-0.39, 0.29) is 0 Å². The summed E-state index contributed by atoms with van der Waals surface area (Å²) in [6.07, 6.45) is -1.14. The SMILES string of the molecule is COc1ccc([C@H](O)C[N+](=O)[O-])cc1OC. The molecule has 6 heteroatoms. The van der Waals surface area contributed by atoms with Gasteiger partial charge in [-0.3, -0.25) is 10.1 Å². The van der Waals surface area contributed by atoms with E-state index < -0.39 is 17.6 Å². The van der Waals surface area contributed by atoms with Crippen molar-refractivity contribution in [2.75, 3.05) is 20.8 Å². The van der Waals surface area contributed by atoms with Crippen molar-refractivity contribution < 1.29 is 19.5 Å². The molecule has 1 aromatic carbocycles. The minimum absolute atomic E-state index is 0.425. The second-order valence-electron chi connectivity index (χ2n) is 3.15. The van der Waals surface area contributed by atoms with Gasteiger partial charge in [0.25, 0.3) is 0 Å². The maximum atomic E-state index is 10.3. The van der Waals surface area contributed by atoms with Crippen LogP contribution in [0.15, 0.2) is 18.2 Å². The van der Waals surface area contributed by atoms with Crippen molar-refractivity contribution in [1.82, 2.24) is 0 Å². The van der Waals surface area contributed by atoms with Gasteiger partial charge in [-0.15, -0.1) is 0 Å². The van der Waals surface area contributed by atoms with Crippen molar-refractivity contribution in [2.45, 2.75) is 6.10 Å². The Hall–Kier alpha value is -1.82. The highest BCUT2D eigenvalue weighted by Gasteiger charge is 2.16. The van der Waals surface area contributed by atoms with Crippen LogP contribution in [0.25, 0.3) is 0 Å². The van der Waals surface area contributed by atoms with Crippen molar-refractivity contribution in [1.29, 1.82) is 0 Å². The van der Waals surface area contributed by atoms with E-state index in [0.717, 1.165) is 0 Å². The van der Waals surface area contributed by atoms with Crippen molar-refractivity contribution in [3.8, 4) is 11.5 Å². The van der Waals surface area contributed by atoms with Gasteiger partial charge in [0.15, 0.2) is 11.5 Å². The second kappa shape index (κ2) is 5.32. The normalized spacial score (nSPS) is 11.9. The number of rotatable bonds is 5. The maximum Gasteiger partial charge on any atom is 0.233 e. The summed E-state index contributed by atoms with van der Waals surface area (Å²) in [5.74, 6) is 0.946. The lowest BCUT2D eigenvalue weighted by atomic mass is 10.1. The topological polar surface area (TPSA) is 81.8 Å². The summed E-state index contributed by atoms with van der Waals surface area (Å²) in [5.41, 5.74) is 0.425. The third kappa shape index (κ3) is 2.83. The van der Waals surface area contributed by atoms with Crippen LogP contribution in [0.4, 0.5) is 0 Å². The zero-order chi connectivity index (χ0) is 12.1. The van der Waals surface area contributed by atoms with Gasteiger partial charge in [0, 0.05) is 4.92 Å². The van der Waals surface area contributed by atoms with E-state index >= 15 is 0 Å². The fourth-order valence-corrected chi connectivity index (χ4v) is 1.31. The molecule has 6 nitrogen and oxygen atoms in total. The first kappa shape index (κ1) is 12.3. The van der Waals surface area contributed by atoms with Crippen LogP contribution in [-0.2, 0) is 0 Å². The quantitative estimate of drug-likeness (QED) is 0.599. The van der Waals surface area contributed by atoms with Crippen LogP contribution in [-0.4, -0.2) is 30.8 Å². The molecule has 88 valence electrons. The highest BCUT2D eigenvalue weighted by molar-refractivity contribution is 5.43. The van der Waals surface area contributed by atoms with E-state index in [4.69, 9.17) is 9.47 Å². The second-order valence-corrected chi connectivity index (χ2v) is 3.15. The van der Waals surface area contributed by atoms with Crippen molar-refractivity contribution >= 4 is 0 Å². The molecule has 0 aliphatic carbocycles. The molecule has 0 aromatic heterocycles. The number of aliphatic hydroxyl groups is 1. The lowest BCUT2D eigenvalue weighted by molar-refractivity contribution is -0.491. The molecule has 0 saturated heterocycles. The van der Waals surface area contributed by atoms with Gasteiger partial charge < -0.3 is 14.6 Å². The molecule has 0 spiro atoms. The number of ether oxygens (including phenoxy) is 2. The largest absolute Gasteiger partial charge is 0.493 e. The Bertz CT molecular complexity index is 379. The fraction of sp³-hybridized carbons (Fsp3) is 0.400. The molecule has 0 amide bonds. The average molecular weight is 227 g/mol. The van der Waals surface area contributed by atoms with Gasteiger partial charge in [0.1, 0.15) is 6.10 Å². The molecule has 0 aliphatic rings. The molecule has 0 bridgehead atoms. The van der Waals surface area contributed by atoms with Gasteiger partial charge in [-0.05, 0) is 17.7 Å². The number of aliphatic hydroxyl groups excluding tert-OH is 1. The van der Waals surface area contributed by atoms with E-state index in [2.05, 4.69) is 0 Å². The first-order valence-electron chi connectivity index (χ1n) is 4.60. The van der Waals surface area contributed by atoms with Crippen LogP contribution < -0.4 is 9.47 Å². The Kier molecular flexibility index (Phi) is 4.07. The van der Waals surface area contributed by atoms with Crippen LogP contribution in [0, 0.1) is 10.1 Å². The number of hydrogen-bond acceptors (Lipinski definition) is 5. The molecule has 16 heavy (non-hydrogen) atoms. The molecule has 0 fully saturated rings. The summed E-state index contributed by atoms with van der Waals surface area (Å²) >= 11 is 0. The number of benzene rings is 1. The zero-order valence-electron chi connectivity index (χ0n) is 9.04. The Morgan fingerprint density at radius 3 is 2.50 bits per heavy atom. The van der Waals surface area contributed by atoms with Crippen LogP contribution in [0.1, 0.15) is 11.7 Å². The Balaban J connectivity index is 2.93. The summed E-state index contributed by atoms with van der Waals surface area (Å²) in [4.78, 5) is 9.68. The molecule has 0 unspecified atom stereocenters. The highest BCUT2D eigenvalue weighted by Crippen LogP contribution is 2.29. The van der Waals surface area contributed by atoms with Crippen molar-refractivity contribution in [3.63, 3.8) is 0 Å². The van der Waals surface area contributed by atoms with Crippen molar-refractivity contribution in [3.05, 3.63) is 33.9 Å². The number of nitro groups is 1. The predicted octanol–water partition coefficient (Wildman–Crippen LogP) is 1.01. The molecular weight excluding hydrogens is 214 g/mol. The molecule has 0 radical (unpaired) electrons. The number of hydrogen-bond donors (Lipinski definition) is 1. The smallest absolute Gasteiger partial charge is 0.233 e. The number of nitrogens with zero attached hydrogens (tertiary/aromatic N) is 1. The zero-order valence-corrected chi connectivity index (χ0v) is 9.04. The van der Waals surface area contributed by atoms with Gasteiger partial charge in [0.05, 0.1) is 14.2 Å². The predicted molar refractivity (Wildman–Crippen MR) is 56.4 cm³/mol. The molecule has 0 aliphatic heterocycles. The maximum absolute atomic E-state index is 10.3. The van der Waals surface area contributed by atoms with Gasteiger partial charge in [-0.1, -0.05) is 6.07 Å². The Morgan fingerprint density at radius 2 is 2.00 bits per heavy atom. The van der Waals surface area contributed by atoms with E-state index in [1.807, 2.05) is 0 Å². The minimum atomic E-state index is -1.14. The average Bonchev–Trinajstić information content (AvgIpc) is 2.27. The van der Waals surface area contributed by atoms with Crippen molar-refractivity contribution in [2.24, 2.45) is 0 Å². The summed E-state index contributed by atoms with van der Waals surface area (Å²) < 4.78 is 10.0. The summed E-state index contributed by atoms with van der Waals surface area (Å²) in [6.45, 7) is -0.532. The van der Waals surface area contributed by atoms with Crippen LogP contribution in [0.2, 0.25) is 0 Å². The number of methoxy groups -OCH3 is 2. The molecule has 1 N–H and O–H groups in total. The Morgan fingerprint density at radius 1 is 1.38 bits per heavy atom. The van der Waals surface area contributed by atoms with Crippen LogP contribution in [0.3, 0.4) is 0 Å². The fourth-order valence-electron chi connectivity index (χ4n) is 1.31. The summed E-state index contributed by atoms with van der Waals surface area (Å²) in [7, 11) is 2.95. The summed E-state index contributed by atoms with van der Waals surface area (Å²) in [5, 5.41) is 19.8. The molecule has 1 atom stereocenters. The van der Waals surface area contributed by atoms with Gasteiger partial charge in [-0.2, -0.15) is 0 Å². The molecule has 1 rings (SSSR count). The van der Waals surface area contributed by atoms with Gasteiger partial charge in [0.2, 0.25) is 6.54 Å². The van der Waals surface area contributed by atoms with E-state index in [0.29, 0.717) is 17.1 Å². The van der Waals surface area contributed by atoms with E-state index in [1.165, 1.54) is 20.3 Å². The highest BCUT2D eigenvalue weighted by atomic mass is 16.6. The van der Waals surface area contributed by atoms with Gasteiger partial charge in [-0.25, -0.2) is 0 Å². The van der Waals surface area contributed by atoms with E-state index in [9.17, 15) is 15.2 Å². The molecule has 0 saturated carbocycles. The standard InChI is InChI=1S/C10H13NO5/c1-15-9-4-3-7(5-10(9)16-2)8(12)6-11(13)14/h3-5,8,12H,6H2,1-2H3/t8-/m1/s1. The van der Waals surface area contributed by atoms with Gasteiger partial charge >= 0.3 is 0 Å². The van der Waals surface area contributed by atoms with Crippen LogP contribution in [0.5, 0.6) is 11.5 Å². The van der Waals surface area contributed by atoms with E-state index in [1.54, 1.807) is 12.1 Å². The lowest BCUT2D eigenvalue weighted by Gasteiger charge is -2.11. The monoisotopic (exact) mass is 227 g/mol. The van der Waals surface area contributed by atoms with Crippen LogP contribution >= 0.6 is 0 Å². The third-order valence-electron chi connectivity index (χ3n) is 2.11. The molecule has 1 aromatic rings. The Labute approximate surface area is 92.6 Å². The molecular formula is C10H13NO5. The minimum Gasteiger partial charge on any atom is -0.493 e. The third-order valence-corrected chi connectivity index (χ3v) is 2.11. The summed E-state index contributed by atoms with van der Waals surface area (Å²) in [6, 6.07) is 4.68. The first-order valence-corrected chi connectivity index (χ1v) is 4.60. The molecule has 0 heterocycles. The first-order chi connectivity index (χ1) is 7.58.